The van der Waals surface area contributed by atoms with Gasteiger partial charge in [0.05, 0.1) is 12.3 Å². The molecule has 0 bridgehead atoms. The third-order valence-corrected chi connectivity index (χ3v) is 0.956. The Bertz CT molecular complexity index is 273. The van der Waals surface area contributed by atoms with Crippen molar-refractivity contribution < 1.29 is 9.32 Å². The van der Waals surface area contributed by atoms with Crippen molar-refractivity contribution >= 4 is 11.6 Å². The Balaban J connectivity index is 2.45. The number of anilines is 1. The molecule has 1 rings (SSSR count). The van der Waals surface area contributed by atoms with Gasteiger partial charge in [0.15, 0.2) is 0 Å². The zero-order valence-electron chi connectivity index (χ0n) is 5.57. The molecule has 0 aromatic carbocycles. The predicted octanol–water partition coefficient (Wildman–Crippen LogP) is 0.527. The second-order valence-electron chi connectivity index (χ2n) is 1.80. The van der Waals surface area contributed by atoms with Crippen LogP contribution in [0.3, 0.4) is 0 Å². The van der Waals surface area contributed by atoms with Crippen molar-refractivity contribution in [2.24, 2.45) is 0 Å². The average molecular weight is 151 g/mol. The molecule has 1 aromatic heterocycles. The molecule has 0 aliphatic heterocycles. The first kappa shape index (κ1) is 7.28. The minimum absolute atomic E-state index is 0.162. The molecule has 0 saturated heterocycles. The minimum Gasteiger partial charge on any atom is -0.363 e. The van der Waals surface area contributed by atoms with Gasteiger partial charge >= 0.3 is 0 Å². The van der Waals surface area contributed by atoms with E-state index in [2.05, 4.69) is 15.0 Å². The van der Waals surface area contributed by atoms with E-state index in [4.69, 9.17) is 5.26 Å². The SMILES string of the molecule is N#CCC(=O)Nc1cnoc1. The summed E-state index contributed by atoms with van der Waals surface area (Å²) in [7, 11) is 0. The molecular weight excluding hydrogens is 146 g/mol. The molecule has 1 amide bonds. The van der Waals surface area contributed by atoms with Crippen LogP contribution in [0.2, 0.25) is 0 Å². The van der Waals surface area contributed by atoms with E-state index in [-0.39, 0.29) is 12.3 Å². The molecule has 11 heavy (non-hydrogen) atoms. The first-order valence-corrected chi connectivity index (χ1v) is 2.89. The number of rotatable bonds is 2. The summed E-state index contributed by atoms with van der Waals surface area (Å²) in [5, 5.41) is 13.9. The van der Waals surface area contributed by atoms with Crippen LogP contribution in [0.25, 0.3) is 0 Å². The highest BCUT2D eigenvalue weighted by molar-refractivity contribution is 5.91. The molecule has 0 aliphatic rings. The lowest BCUT2D eigenvalue weighted by molar-refractivity contribution is -0.115. The van der Waals surface area contributed by atoms with Crippen molar-refractivity contribution in [2.45, 2.75) is 6.42 Å². The number of carbonyl (C=O) groups is 1. The highest BCUT2D eigenvalue weighted by Gasteiger charge is 2.01. The standard InChI is InChI=1S/C6H5N3O2/c7-2-1-6(10)9-5-3-8-11-4-5/h3-4H,1H2,(H,9,10). The van der Waals surface area contributed by atoms with E-state index in [1.807, 2.05) is 0 Å². The van der Waals surface area contributed by atoms with E-state index in [1.54, 1.807) is 6.07 Å². The van der Waals surface area contributed by atoms with Gasteiger partial charge in [-0.3, -0.25) is 4.79 Å². The Labute approximate surface area is 62.6 Å². The molecular formula is C6H5N3O2. The van der Waals surface area contributed by atoms with Crippen molar-refractivity contribution in [3.05, 3.63) is 12.5 Å². The molecule has 0 fully saturated rings. The highest BCUT2D eigenvalue weighted by atomic mass is 16.5. The molecule has 1 heterocycles. The highest BCUT2D eigenvalue weighted by Crippen LogP contribution is 2.03. The van der Waals surface area contributed by atoms with Crippen molar-refractivity contribution in [1.82, 2.24) is 5.16 Å². The van der Waals surface area contributed by atoms with E-state index in [1.165, 1.54) is 12.5 Å². The number of aromatic nitrogens is 1. The largest absolute Gasteiger partial charge is 0.363 e. The molecule has 0 radical (unpaired) electrons. The number of nitriles is 1. The summed E-state index contributed by atoms with van der Waals surface area (Å²) in [5.74, 6) is -0.365. The number of amides is 1. The average Bonchev–Trinajstić information content (AvgIpc) is 2.40. The molecule has 0 aliphatic carbocycles. The molecule has 1 N–H and O–H groups in total. The van der Waals surface area contributed by atoms with Gasteiger partial charge in [0.25, 0.3) is 0 Å². The third kappa shape index (κ3) is 2.10. The van der Waals surface area contributed by atoms with Gasteiger partial charge in [0.1, 0.15) is 18.4 Å². The van der Waals surface area contributed by atoms with Gasteiger partial charge in [-0.05, 0) is 0 Å². The fourth-order valence-corrected chi connectivity index (χ4v) is 0.544. The van der Waals surface area contributed by atoms with Crippen LogP contribution in [0.5, 0.6) is 0 Å². The van der Waals surface area contributed by atoms with Gasteiger partial charge < -0.3 is 9.84 Å². The molecule has 5 heteroatoms. The lowest BCUT2D eigenvalue weighted by Gasteiger charge is -1.93. The topological polar surface area (TPSA) is 78.9 Å². The minimum atomic E-state index is -0.365. The number of hydrogen-bond donors (Lipinski definition) is 1. The quantitative estimate of drug-likeness (QED) is 0.668. The Kier molecular flexibility index (Phi) is 2.23. The van der Waals surface area contributed by atoms with E-state index in [9.17, 15) is 4.79 Å². The Hall–Kier alpha value is -1.83. The molecule has 0 unspecified atom stereocenters. The molecule has 0 spiro atoms. The zero-order chi connectivity index (χ0) is 8.10. The normalized spacial score (nSPS) is 8.64. The summed E-state index contributed by atoms with van der Waals surface area (Å²) in [5.41, 5.74) is 0.463. The second kappa shape index (κ2) is 3.37. The molecule has 1 aromatic rings. The molecule has 56 valence electrons. The van der Waals surface area contributed by atoms with Gasteiger partial charge in [0.2, 0.25) is 5.91 Å². The summed E-state index contributed by atoms with van der Waals surface area (Å²) >= 11 is 0. The van der Waals surface area contributed by atoms with E-state index < -0.39 is 0 Å². The number of nitrogens with zero attached hydrogens (tertiary/aromatic N) is 2. The van der Waals surface area contributed by atoms with Crippen molar-refractivity contribution in [3.8, 4) is 6.07 Å². The Morgan fingerprint density at radius 1 is 1.91 bits per heavy atom. The Morgan fingerprint density at radius 2 is 2.73 bits per heavy atom. The number of carbonyl (C=O) groups excluding carboxylic acids is 1. The maximum absolute atomic E-state index is 10.7. The van der Waals surface area contributed by atoms with Crippen LogP contribution in [0.4, 0.5) is 5.69 Å². The summed E-state index contributed by atoms with van der Waals surface area (Å²) in [6.45, 7) is 0. The predicted molar refractivity (Wildman–Crippen MR) is 35.4 cm³/mol. The van der Waals surface area contributed by atoms with Gasteiger partial charge in [-0.25, -0.2) is 0 Å². The van der Waals surface area contributed by atoms with Crippen LogP contribution >= 0.6 is 0 Å². The summed E-state index contributed by atoms with van der Waals surface area (Å²) < 4.78 is 4.45. The van der Waals surface area contributed by atoms with Crippen molar-refractivity contribution in [1.29, 1.82) is 5.26 Å². The van der Waals surface area contributed by atoms with Crippen molar-refractivity contribution in [2.75, 3.05) is 5.32 Å². The fourth-order valence-electron chi connectivity index (χ4n) is 0.544. The van der Waals surface area contributed by atoms with Crippen LogP contribution in [-0.2, 0) is 4.79 Å². The molecule has 0 saturated carbocycles. The van der Waals surface area contributed by atoms with Crippen LogP contribution in [-0.4, -0.2) is 11.1 Å². The lowest BCUT2D eigenvalue weighted by atomic mass is 10.4. The first-order chi connectivity index (χ1) is 5.33. The summed E-state index contributed by atoms with van der Waals surface area (Å²) in [6, 6.07) is 1.72. The van der Waals surface area contributed by atoms with Gasteiger partial charge in [-0.15, -0.1) is 0 Å². The fraction of sp³-hybridized carbons (Fsp3) is 0.167. The van der Waals surface area contributed by atoms with Gasteiger partial charge in [-0.2, -0.15) is 5.26 Å². The molecule has 0 atom stereocenters. The maximum Gasteiger partial charge on any atom is 0.238 e. The number of hydrogen-bond acceptors (Lipinski definition) is 4. The Morgan fingerprint density at radius 3 is 3.27 bits per heavy atom. The van der Waals surface area contributed by atoms with Crippen LogP contribution in [0.15, 0.2) is 17.0 Å². The third-order valence-electron chi connectivity index (χ3n) is 0.956. The van der Waals surface area contributed by atoms with Crippen LogP contribution in [0.1, 0.15) is 6.42 Å². The smallest absolute Gasteiger partial charge is 0.238 e. The van der Waals surface area contributed by atoms with Crippen LogP contribution in [0, 0.1) is 11.3 Å². The number of nitrogens with one attached hydrogen (secondary N) is 1. The van der Waals surface area contributed by atoms with Gasteiger partial charge in [-0.1, -0.05) is 5.16 Å². The molecule has 5 nitrogen and oxygen atoms in total. The summed E-state index contributed by atoms with van der Waals surface area (Å²) in [4.78, 5) is 10.7. The monoisotopic (exact) mass is 151 g/mol. The zero-order valence-corrected chi connectivity index (χ0v) is 5.57. The van der Waals surface area contributed by atoms with E-state index in [0.29, 0.717) is 5.69 Å². The van der Waals surface area contributed by atoms with E-state index in [0.717, 1.165) is 0 Å². The second-order valence-corrected chi connectivity index (χ2v) is 1.80. The van der Waals surface area contributed by atoms with Crippen LogP contribution < -0.4 is 5.32 Å². The summed E-state index contributed by atoms with van der Waals surface area (Å²) in [6.07, 6.45) is 2.48. The van der Waals surface area contributed by atoms with Crippen molar-refractivity contribution in [3.63, 3.8) is 0 Å². The maximum atomic E-state index is 10.7. The lowest BCUT2D eigenvalue weighted by Crippen LogP contribution is -2.09. The first-order valence-electron chi connectivity index (χ1n) is 2.89. The van der Waals surface area contributed by atoms with Gasteiger partial charge in [0, 0.05) is 0 Å². The van der Waals surface area contributed by atoms with E-state index >= 15 is 0 Å².